The van der Waals surface area contributed by atoms with Crippen LogP contribution in [0.2, 0.25) is 0 Å². The third-order valence-electron chi connectivity index (χ3n) is 4.82. The highest BCUT2D eigenvalue weighted by Gasteiger charge is 2.27. The minimum atomic E-state index is -0.0453. The van der Waals surface area contributed by atoms with E-state index in [9.17, 15) is 4.79 Å². The summed E-state index contributed by atoms with van der Waals surface area (Å²) < 4.78 is 10.6. The van der Waals surface area contributed by atoms with E-state index < -0.39 is 0 Å². The van der Waals surface area contributed by atoms with Crippen LogP contribution in [-0.2, 0) is 4.79 Å². The molecule has 2 aromatic carbocycles. The highest BCUT2D eigenvalue weighted by molar-refractivity contribution is 5.94. The topological polar surface area (TPSA) is 50.8 Å². The van der Waals surface area contributed by atoms with Gasteiger partial charge in [-0.1, -0.05) is 29.8 Å². The summed E-state index contributed by atoms with van der Waals surface area (Å²) in [5, 5.41) is 2.96. The first-order chi connectivity index (χ1) is 12.6. The van der Waals surface area contributed by atoms with Crippen LogP contribution < -0.4 is 14.8 Å². The number of likely N-dealkylation sites (tertiary alicyclic amines) is 1. The Kier molecular flexibility index (Phi) is 5.78. The summed E-state index contributed by atoms with van der Waals surface area (Å²) >= 11 is 0. The first-order valence-corrected chi connectivity index (χ1v) is 8.93. The van der Waals surface area contributed by atoms with Crippen LogP contribution in [0.5, 0.6) is 11.5 Å². The van der Waals surface area contributed by atoms with Crippen LogP contribution in [0.3, 0.4) is 0 Å². The van der Waals surface area contributed by atoms with Crippen molar-refractivity contribution in [1.82, 2.24) is 4.90 Å². The van der Waals surface area contributed by atoms with Crippen LogP contribution in [-0.4, -0.2) is 38.1 Å². The molecular formula is C21H26N2O3. The van der Waals surface area contributed by atoms with Crippen molar-refractivity contribution in [1.29, 1.82) is 0 Å². The SMILES string of the molecule is COc1ccc(OC)c(NC(=O)CN2CCCC2c2cccc(C)c2)c1. The van der Waals surface area contributed by atoms with E-state index in [1.54, 1.807) is 26.4 Å². The van der Waals surface area contributed by atoms with Gasteiger partial charge in [0.25, 0.3) is 0 Å². The Morgan fingerprint density at radius 3 is 2.77 bits per heavy atom. The number of nitrogens with one attached hydrogen (secondary N) is 1. The lowest BCUT2D eigenvalue weighted by Gasteiger charge is -2.24. The Hall–Kier alpha value is -2.53. The van der Waals surface area contributed by atoms with E-state index in [4.69, 9.17) is 9.47 Å². The summed E-state index contributed by atoms with van der Waals surface area (Å²) in [5.74, 6) is 1.26. The van der Waals surface area contributed by atoms with Crippen molar-refractivity contribution in [3.8, 4) is 11.5 Å². The molecular weight excluding hydrogens is 328 g/mol. The number of amides is 1. The molecule has 1 fully saturated rings. The van der Waals surface area contributed by atoms with Crippen LogP contribution in [0, 0.1) is 6.92 Å². The number of methoxy groups -OCH3 is 2. The Balaban J connectivity index is 1.69. The van der Waals surface area contributed by atoms with Crippen molar-refractivity contribution in [2.75, 3.05) is 32.6 Å². The fraction of sp³-hybridized carbons (Fsp3) is 0.381. The number of carbonyl (C=O) groups is 1. The molecule has 3 rings (SSSR count). The molecule has 0 bridgehead atoms. The van der Waals surface area contributed by atoms with Crippen molar-refractivity contribution in [2.24, 2.45) is 0 Å². The normalized spacial score (nSPS) is 17.1. The number of aryl methyl sites for hydroxylation is 1. The summed E-state index contributed by atoms with van der Waals surface area (Å²) in [6, 6.07) is 14.2. The number of hydrogen-bond donors (Lipinski definition) is 1. The predicted octanol–water partition coefficient (Wildman–Crippen LogP) is 3.79. The van der Waals surface area contributed by atoms with Crippen LogP contribution in [0.15, 0.2) is 42.5 Å². The molecule has 0 aliphatic carbocycles. The molecule has 1 saturated heterocycles. The van der Waals surface area contributed by atoms with E-state index in [0.29, 0.717) is 29.8 Å². The van der Waals surface area contributed by atoms with Crippen molar-refractivity contribution < 1.29 is 14.3 Å². The number of ether oxygens (including phenoxy) is 2. The quantitative estimate of drug-likeness (QED) is 0.857. The molecule has 2 aromatic rings. The van der Waals surface area contributed by atoms with Gasteiger partial charge >= 0.3 is 0 Å². The average Bonchev–Trinajstić information content (AvgIpc) is 3.09. The van der Waals surface area contributed by atoms with Crippen molar-refractivity contribution in [3.05, 3.63) is 53.6 Å². The third-order valence-corrected chi connectivity index (χ3v) is 4.82. The highest BCUT2D eigenvalue weighted by Crippen LogP contribution is 2.33. The van der Waals surface area contributed by atoms with Gasteiger partial charge < -0.3 is 14.8 Å². The second-order valence-corrected chi connectivity index (χ2v) is 6.66. The van der Waals surface area contributed by atoms with Gasteiger partial charge in [-0.2, -0.15) is 0 Å². The Bertz CT molecular complexity index is 776. The lowest BCUT2D eigenvalue weighted by Crippen LogP contribution is -2.33. The molecule has 1 atom stereocenters. The number of carbonyl (C=O) groups excluding carboxylic acids is 1. The first-order valence-electron chi connectivity index (χ1n) is 8.93. The van der Waals surface area contributed by atoms with Gasteiger partial charge in [0.15, 0.2) is 0 Å². The molecule has 0 saturated carbocycles. The van der Waals surface area contributed by atoms with Gasteiger partial charge in [0, 0.05) is 12.1 Å². The maximum Gasteiger partial charge on any atom is 0.238 e. The number of rotatable bonds is 6. The van der Waals surface area contributed by atoms with Crippen molar-refractivity contribution in [3.63, 3.8) is 0 Å². The molecule has 0 aromatic heterocycles. The highest BCUT2D eigenvalue weighted by atomic mass is 16.5. The van der Waals surface area contributed by atoms with Gasteiger partial charge in [0.1, 0.15) is 11.5 Å². The van der Waals surface area contributed by atoms with Crippen molar-refractivity contribution in [2.45, 2.75) is 25.8 Å². The molecule has 1 N–H and O–H groups in total. The van der Waals surface area contributed by atoms with Gasteiger partial charge in [0.2, 0.25) is 5.91 Å². The molecule has 0 radical (unpaired) electrons. The number of benzene rings is 2. The fourth-order valence-corrected chi connectivity index (χ4v) is 3.56. The standard InChI is InChI=1S/C21H26N2O3/c1-15-6-4-7-16(12-15)19-8-5-11-23(19)14-21(24)22-18-13-17(25-2)9-10-20(18)26-3/h4,6-7,9-10,12-13,19H,5,8,11,14H2,1-3H3,(H,22,24). The lowest BCUT2D eigenvalue weighted by molar-refractivity contribution is -0.117. The molecule has 26 heavy (non-hydrogen) atoms. The van der Waals surface area contributed by atoms with E-state index in [2.05, 4.69) is 41.4 Å². The third kappa shape index (κ3) is 4.17. The lowest BCUT2D eigenvalue weighted by atomic mass is 10.0. The molecule has 1 unspecified atom stereocenters. The summed E-state index contributed by atoms with van der Waals surface area (Å²) in [6.45, 7) is 3.39. The summed E-state index contributed by atoms with van der Waals surface area (Å²) in [4.78, 5) is 14.9. The van der Waals surface area contributed by atoms with Gasteiger partial charge in [0.05, 0.1) is 26.5 Å². The minimum Gasteiger partial charge on any atom is -0.497 e. The van der Waals surface area contributed by atoms with E-state index in [1.165, 1.54) is 11.1 Å². The molecule has 5 nitrogen and oxygen atoms in total. The fourth-order valence-electron chi connectivity index (χ4n) is 3.56. The monoisotopic (exact) mass is 354 g/mol. The Morgan fingerprint density at radius 1 is 1.19 bits per heavy atom. The predicted molar refractivity (Wildman–Crippen MR) is 103 cm³/mol. The van der Waals surface area contributed by atoms with Crippen LogP contribution in [0.25, 0.3) is 0 Å². The molecule has 1 heterocycles. The largest absolute Gasteiger partial charge is 0.497 e. The zero-order valence-corrected chi connectivity index (χ0v) is 15.6. The van der Waals surface area contributed by atoms with Crippen LogP contribution in [0.4, 0.5) is 5.69 Å². The van der Waals surface area contributed by atoms with Crippen molar-refractivity contribution >= 4 is 11.6 Å². The summed E-state index contributed by atoms with van der Waals surface area (Å²) in [6.07, 6.45) is 2.19. The molecule has 5 heteroatoms. The van der Waals surface area contributed by atoms with E-state index >= 15 is 0 Å². The zero-order valence-electron chi connectivity index (χ0n) is 15.6. The van der Waals surface area contributed by atoms with Gasteiger partial charge in [-0.15, -0.1) is 0 Å². The van der Waals surface area contributed by atoms with Gasteiger partial charge in [-0.05, 0) is 44.0 Å². The summed E-state index contributed by atoms with van der Waals surface area (Å²) in [5.41, 5.74) is 3.16. The minimum absolute atomic E-state index is 0.0453. The van der Waals surface area contributed by atoms with Crippen LogP contribution >= 0.6 is 0 Å². The maximum absolute atomic E-state index is 12.6. The van der Waals surface area contributed by atoms with Crippen LogP contribution in [0.1, 0.15) is 30.0 Å². The molecule has 1 aliphatic rings. The number of nitrogens with zero attached hydrogens (tertiary/aromatic N) is 1. The van der Waals surface area contributed by atoms with E-state index in [0.717, 1.165) is 19.4 Å². The van der Waals surface area contributed by atoms with Gasteiger partial charge in [-0.25, -0.2) is 0 Å². The molecule has 1 aliphatic heterocycles. The Morgan fingerprint density at radius 2 is 2.04 bits per heavy atom. The second-order valence-electron chi connectivity index (χ2n) is 6.66. The molecule has 1 amide bonds. The van der Waals surface area contributed by atoms with Gasteiger partial charge in [-0.3, -0.25) is 9.69 Å². The Labute approximate surface area is 154 Å². The number of hydrogen-bond acceptors (Lipinski definition) is 4. The maximum atomic E-state index is 12.6. The smallest absolute Gasteiger partial charge is 0.238 e. The summed E-state index contributed by atoms with van der Waals surface area (Å²) in [7, 11) is 3.19. The second kappa shape index (κ2) is 8.23. The number of anilines is 1. The van der Waals surface area contributed by atoms with E-state index in [-0.39, 0.29) is 5.91 Å². The first kappa shape index (κ1) is 18.3. The zero-order chi connectivity index (χ0) is 18.5. The molecule has 0 spiro atoms. The average molecular weight is 354 g/mol. The van der Waals surface area contributed by atoms with E-state index in [1.807, 2.05) is 6.07 Å². The molecule has 138 valence electrons.